The second-order valence-corrected chi connectivity index (χ2v) is 5.34. The molecule has 1 aromatic rings. The minimum atomic E-state index is -1.01. The normalized spacial score (nSPS) is 14.3. The first kappa shape index (κ1) is 17.7. The van der Waals surface area contributed by atoms with Crippen LogP contribution < -0.4 is 0 Å². The number of carbonyl (C=O) groups is 1. The number of aliphatic hydroxyl groups excluding tert-OH is 2. The molecule has 0 aliphatic carbocycles. The van der Waals surface area contributed by atoms with Crippen molar-refractivity contribution < 1.29 is 20.1 Å². The van der Waals surface area contributed by atoms with Crippen molar-refractivity contribution in [3.63, 3.8) is 0 Å². The summed E-state index contributed by atoms with van der Waals surface area (Å²) >= 11 is 5.73. The van der Waals surface area contributed by atoms with Crippen LogP contribution in [0.25, 0.3) is 6.08 Å². The van der Waals surface area contributed by atoms with Crippen LogP contribution in [0.4, 0.5) is 0 Å². The Morgan fingerprint density at radius 2 is 2.00 bits per heavy atom. The number of aromatic hydroxyl groups is 1. The number of rotatable bonds is 8. The van der Waals surface area contributed by atoms with Gasteiger partial charge in [-0.3, -0.25) is 4.79 Å². The van der Waals surface area contributed by atoms with Gasteiger partial charge in [0, 0.05) is 0 Å². The molecule has 5 heteroatoms. The van der Waals surface area contributed by atoms with Gasteiger partial charge in [-0.05, 0) is 18.1 Å². The molecule has 4 nitrogen and oxygen atoms in total. The lowest BCUT2D eigenvalue weighted by Gasteiger charge is -2.14. The number of aliphatic hydroxyl groups is 2. The van der Waals surface area contributed by atoms with Gasteiger partial charge in [0.05, 0.1) is 22.8 Å². The average molecular weight is 313 g/mol. The fraction of sp³-hybridized carbons (Fsp3) is 0.438. The molecule has 0 heterocycles. The van der Waals surface area contributed by atoms with E-state index in [1.807, 2.05) is 0 Å². The van der Waals surface area contributed by atoms with Crippen LogP contribution >= 0.6 is 11.6 Å². The molecule has 1 aromatic carbocycles. The monoisotopic (exact) mass is 312 g/mol. The van der Waals surface area contributed by atoms with Crippen LogP contribution in [-0.4, -0.2) is 33.8 Å². The Morgan fingerprint density at radius 1 is 1.29 bits per heavy atom. The van der Waals surface area contributed by atoms with E-state index in [9.17, 15) is 20.1 Å². The van der Waals surface area contributed by atoms with Gasteiger partial charge in [0.2, 0.25) is 0 Å². The summed E-state index contributed by atoms with van der Waals surface area (Å²) in [5.74, 6) is -0.285. The van der Waals surface area contributed by atoms with Crippen molar-refractivity contribution in [2.45, 2.75) is 44.8 Å². The topological polar surface area (TPSA) is 77.8 Å². The summed E-state index contributed by atoms with van der Waals surface area (Å²) in [6.07, 6.45) is 4.98. The van der Waals surface area contributed by atoms with E-state index in [0.717, 1.165) is 19.3 Å². The molecule has 0 aromatic heterocycles. The number of aldehydes is 1. The predicted molar refractivity (Wildman–Crippen MR) is 83.7 cm³/mol. The molecular formula is C16H21ClO4. The van der Waals surface area contributed by atoms with Crippen molar-refractivity contribution in [3.8, 4) is 5.75 Å². The van der Waals surface area contributed by atoms with Crippen molar-refractivity contribution in [2.24, 2.45) is 0 Å². The minimum Gasteiger partial charge on any atom is -0.506 e. The molecule has 2 atom stereocenters. The Balaban J connectivity index is 2.76. The number of hydrogen-bond acceptors (Lipinski definition) is 4. The molecule has 0 spiro atoms. The minimum absolute atomic E-state index is 0.0615. The van der Waals surface area contributed by atoms with E-state index in [2.05, 4.69) is 6.92 Å². The molecule has 0 radical (unpaired) electrons. The van der Waals surface area contributed by atoms with Gasteiger partial charge in [0.25, 0.3) is 0 Å². The molecule has 116 valence electrons. The highest BCUT2D eigenvalue weighted by Gasteiger charge is 2.13. The van der Waals surface area contributed by atoms with Crippen LogP contribution in [0.1, 0.15) is 48.5 Å². The maximum absolute atomic E-state index is 11.0. The quantitative estimate of drug-likeness (QED) is 0.509. The number of phenols is 1. The maximum atomic E-state index is 11.0. The molecule has 0 amide bonds. The van der Waals surface area contributed by atoms with Gasteiger partial charge in [-0.1, -0.05) is 56.0 Å². The van der Waals surface area contributed by atoms with E-state index >= 15 is 0 Å². The second kappa shape index (κ2) is 8.82. The van der Waals surface area contributed by atoms with Gasteiger partial charge in [0.1, 0.15) is 5.75 Å². The van der Waals surface area contributed by atoms with Gasteiger partial charge in [-0.2, -0.15) is 0 Å². The predicted octanol–water partition coefficient (Wildman–Crippen LogP) is 3.17. The zero-order valence-corrected chi connectivity index (χ0v) is 12.8. The molecule has 0 aliphatic heterocycles. The second-order valence-electron chi connectivity index (χ2n) is 4.93. The zero-order valence-electron chi connectivity index (χ0n) is 12.0. The van der Waals surface area contributed by atoms with E-state index in [1.54, 1.807) is 6.07 Å². The number of carbonyl (C=O) groups excluding carboxylic acids is 1. The third-order valence-electron chi connectivity index (χ3n) is 3.29. The molecule has 0 saturated heterocycles. The molecule has 0 fully saturated rings. The number of benzene rings is 1. The van der Waals surface area contributed by atoms with Crippen LogP contribution in [0.2, 0.25) is 5.02 Å². The molecule has 3 N–H and O–H groups in total. The fourth-order valence-corrected chi connectivity index (χ4v) is 2.14. The molecule has 0 saturated carbocycles. The van der Waals surface area contributed by atoms with Crippen molar-refractivity contribution in [3.05, 3.63) is 34.4 Å². The fourth-order valence-electron chi connectivity index (χ4n) is 1.97. The highest BCUT2D eigenvalue weighted by atomic mass is 35.5. The molecule has 0 unspecified atom stereocenters. The van der Waals surface area contributed by atoms with Gasteiger partial charge in [-0.25, -0.2) is 0 Å². The SMILES string of the molecule is CCCCC[C@H](O)[C@H](O)C=Cc1ccc(Cl)c(O)c1C=O. The van der Waals surface area contributed by atoms with Crippen LogP contribution in [-0.2, 0) is 0 Å². The number of halogens is 1. The maximum Gasteiger partial charge on any atom is 0.154 e. The highest BCUT2D eigenvalue weighted by Crippen LogP contribution is 2.29. The summed E-state index contributed by atoms with van der Waals surface area (Å²) in [4.78, 5) is 11.0. The largest absolute Gasteiger partial charge is 0.506 e. The Labute approximate surface area is 129 Å². The van der Waals surface area contributed by atoms with Crippen LogP contribution in [0.15, 0.2) is 18.2 Å². The Kier molecular flexibility index (Phi) is 7.43. The number of phenolic OH excluding ortho intramolecular Hbond substituents is 1. The standard InChI is InChI=1S/C16H21ClO4/c1-2-3-4-5-14(19)15(20)9-7-11-6-8-13(17)16(21)12(11)10-18/h6-10,14-15,19-21H,2-5H2,1H3/t14-,15+/m0/s1. The van der Waals surface area contributed by atoms with Gasteiger partial charge >= 0.3 is 0 Å². The van der Waals surface area contributed by atoms with Crippen LogP contribution in [0.3, 0.4) is 0 Å². The van der Waals surface area contributed by atoms with E-state index < -0.39 is 12.2 Å². The van der Waals surface area contributed by atoms with Crippen LogP contribution in [0, 0.1) is 0 Å². The highest BCUT2D eigenvalue weighted by molar-refractivity contribution is 6.32. The summed E-state index contributed by atoms with van der Waals surface area (Å²) in [7, 11) is 0. The van der Waals surface area contributed by atoms with Crippen molar-refractivity contribution in [1.82, 2.24) is 0 Å². The summed E-state index contributed by atoms with van der Waals surface area (Å²) < 4.78 is 0. The molecule has 0 aliphatic rings. The van der Waals surface area contributed by atoms with Crippen molar-refractivity contribution in [1.29, 1.82) is 0 Å². The molecule has 21 heavy (non-hydrogen) atoms. The first-order valence-electron chi connectivity index (χ1n) is 7.02. The average Bonchev–Trinajstić information content (AvgIpc) is 2.48. The lowest BCUT2D eigenvalue weighted by molar-refractivity contribution is 0.0420. The van der Waals surface area contributed by atoms with Gasteiger partial charge < -0.3 is 15.3 Å². The van der Waals surface area contributed by atoms with Gasteiger partial charge in [0.15, 0.2) is 6.29 Å². The van der Waals surface area contributed by atoms with Crippen molar-refractivity contribution in [2.75, 3.05) is 0 Å². The Bertz CT molecular complexity index is 499. The summed E-state index contributed by atoms with van der Waals surface area (Å²) in [6, 6.07) is 3.03. The molecular weight excluding hydrogens is 292 g/mol. The van der Waals surface area contributed by atoms with E-state index in [0.29, 0.717) is 18.3 Å². The molecule has 1 rings (SSSR count). The van der Waals surface area contributed by atoms with E-state index in [-0.39, 0.29) is 16.3 Å². The first-order chi connectivity index (χ1) is 10.0. The Hall–Kier alpha value is -1.36. The summed E-state index contributed by atoms with van der Waals surface area (Å²) in [5, 5.41) is 29.4. The van der Waals surface area contributed by atoms with Crippen LogP contribution in [0.5, 0.6) is 5.75 Å². The van der Waals surface area contributed by atoms with E-state index in [4.69, 9.17) is 11.6 Å². The first-order valence-corrected chi connectivity index (χ1v) is 7.40. The van der Waals surface area contributed by atoms with Gasteiger partial charge in [-0.15, -0.1) is 0 Å². The summed E-state index contributed by atoms with van der Waals surface area (Å²) in [6.45, 7) is 2.07. The smallest absolute Gasteiger partial charge is 0.154 e. The zero-order chi connectivity index (χ0) is 15.8. The molecule has 0 bridgehead atoms. The van der Waals surface area contributed by atoms with E-state index in [1.165, 1.54) is 18.2 Å². The lowest BCUT2D eigenvalue weighted by Crippen LogP contribution is -2.23. The summed E-state index contributed by atoms with van der Waals surface area (Å²) in [5.41, 5.74) is 0.498. The number of unbranched alkanes of at least 4 members (excludes halogenated alkanes) is 2. The van der Waals surface area contributed by atoms with Crippen molar-refractivity contribution >= 4 is 24.0 Å². The lowest BCUT2D eigenvalue weighted by atomic mass is 10.0. The Morgan fingerprint density at radius 3 is 2.62 bits per heavy atom. The third kappa shape index (κ3) is 5.16. The number of hydrogen-bond donors (Lipinski definition) is 3. The third-order valence-corrected chi connectivity index (χ3v) is 3.60.